The number of fused-ring (bicyclic) bond motifs is 1. The van der Waals surface area contributed by atoms with E-state index in [0.29, 0.717) is 22.0 Å². The zero-order valence-corrected chi connectivity index (χ0v) is 14.0. The fourth-order valence-electron chi connectivity index (χ4n) is 3.05. The Morgan fingerprint density at radius 3 is 2.87 bits per heavy atom. The summed E-state index contributed by atoms with van der Waals surface area (Å²) in [7, 11) is 0. The lowest BCUT2D eigenvalue weighted by atomic mass is 9.77. The number of thiazole rings is 1. The lowest BCUT2D eigenvalue weighted by molar-refractivity contribution is 0.0747. The largest absolute Gasteiger partial charge is 0.375 e. The predicted molar refractivity (Wildman–Crippen MR) is 89.8 cm³/mol. The molecule has 3 rings (SSSR count). The number of hydrogen-bond acceptors (Lipinski definition) is 6. The number of carbonyl (C=O) groups is 2. The van der Waals surface area contributed by atoms with Crippen molar-refractivity contribution >= 4 is 28.0 Å². The Morgan fingerprint density at radius 2 is 2.22 bits per heavy atom. The highest BCUT2D eigenvalue weighted by Crippen LogP contribution is 2.35. The minimum Gasteiger partial charge on any atom is -0.375 e. The lowest BCUT2D eigenvalue weighted by Crippen LogP contribution is -2.35. The van der Waals surface area contributed by atoms with Gasteiger partial charge in [-0.15, -0.1) is 0 Å². The molecule has 23 heavy (non-hydrogen) atoms. The van der Waals surface area contributed by atoms with Crippen LogP contribution in [-0.2, 0) is 12.8 Å². The normalized spacial score (nSPS) is 20.3. The van der Waals surface area contributed by atoms with Crippen LogP contribution in [0.4, 0.5) is 5.13 Å². The van der Waals surface area contributed by atoms with Gasteiger partial charge < -0.3 is 5.73 Å². The van der Waals surface area contributed by atoms with Gasteiger partial charge in [0, 0.05) is 17.5 Å². The summed E-state index contributed by atoms with van der Waals surface area (Å²) >= 11 is 1.18. The van der Waals surface area contributed by atoms with E-state index in [9.17, 15) is 9.59 Å². The standard InChI is InChI=1S/C17H19N3O2S/c1-3-4-11-6-5-10(8-19-11)14(21)13-9(2)7-12-16(15(13)22)23-17(18)20-12/h5-6,8-9,13H,3-4,7H2,1-2H3,(H2,18,20). The number of aromatic nitrogens is 2. The van der Waals surface area contributed by atoms with Gasteiger partial charge in [0.1, 0.15) is 0 Å². The minimum absolute atomic E-state index is 0.0840. The molecule has 2 aromatic heterocycles. The summed E-state index contributed by atoms with van der Waals surface area (Å²) in [6, 6.07) is 3.64. The van der Waals surface area contributed by atoms with E-state index < -0.39 is 5.92 Å². The SMILES string of the molecule is CCCc1ccc(C(=O)C2C(=O)c3sc(N)nc3CC2C)cn1. The van der Waals surface area contributed by atoms with Crippen LogP contribution in [0.15, 0.2) is 18.3 Å². The van der Waals surface area contributed by atoms with E-state index in [0.717, 1.165) is 24.2 Å². The van der Waals surface area contributed by atoms with Crippen molar-refractivity contribution in [2.75, 3.05) is 5.73 Å². The molecule has 2 atom stereocenters. The number of pyridine rings is 1. The number of carbonyl (C=O) groups excluding carboxylic acids is 2. The van der Waals surface area contributed by atoms with Crippen molar-refractivity contribution in [3.05, 3.63) is 40.2 Å². The molecule has 2 aromatic rings. The molecule has 0 spiro atoms. The third kappa shape index (κ3) is 2.91. The Hall–Kier alpha value is -2.08. The number of Topliss-reactive ketones (excluding diaryl/α,β-unsaturated/α-hetero) is 2. The number of nitrogen functional groups attached to an aromatic ring is 1. The molecule has 0 aliphatic heterocycles. The lowest BCUT2D eigenvalue weighted by Gasteiger charge is -2.25. The van der Waals surface area contributed by atoms with Gasteiger partial charge in [-0.1, -0.05) is 31.6 Å². The highest BCUT2D eigenvalue weighted by atomic mass is 32.1. The van der Waals surface area contributed by atoms with E-state index in [2.05, 4.69) is 16.9 Å². The summed E-state index contributed by atoms with van der Waals surface area (Å²) in [6.45, 7) is 4.00. The number of ketones is 2. The van der Waals surface area contributed by atoms with Crippen molar-refractivity contribution in [1.29, 1.82) is 0 Å². The van der Waals surface area contributed by atoms with Crippen molar-refractivity contribution < 1.29 is 9.59 Å². The number of hydrogen-bond donors (Lipinski definition) is 1. The number of anilines is 1. The van der Waals surface area contributed by atoms with E-state index in [1.807, 2.05) is 13.0 Å². The molecule has 2 heterocycles. The van der Waals surface area contributed by atoms with Gasteiger partial charge in [0.05, 0.1) is 16.5 Å². The van der Waals surface area contributed by atoms with Crippen molar-refractivity contribution in [2.45, 2.75) is 33.1 Å². The fraction of sp³-hybridized carbons (Fsp3) is 0.412. The third-order valence-electron chi connectivity index (χ3n) is 4.20. The third-order valence-corrected chi connectivity index (χ3v) is 5.14. The monoisotopic (exact) mass is 329 g/mol. The summed E-state index contributed by atoms with van der Waals surface area (Å²) in [5.41, 5.74) is 7.89. The zero-order valence-electron chi connectivity index (χ0n) is 13.2. The van der Waals surface area contributed by atoms with Gasteiger partial charge in [-0.2, -0.15) is 0 Å². The molecule has 1 aliphatic carbocycles. The first kappa shape index (κ1) is 15.8. The number of nitrogens with two attached hydrogens (primary N) is 1. The molecule has 0 amide bonds. The van der Waals surface area contributed by atoms with Crippen molar-refractivity contribution in [3.8, 4) is 0 Å². The maximum Gasteiger partial charge on any atom is 0.185 e. The van der Waals surface area contributed by atoms with E-state index in [-0.39, 0.29) is 17.5 Å². The Kier molecular flexibility index (Phi) is 4.26. The first-order valence-electron chi connectivity index (χ1n) is 7.79. The number of nitrogens with zero attached hydrogens (tertiary/aromatic N) is 2. The molecule has 6 heteroatoms. The van der Waals surface area contributed by atoms with E-state index in [1.54, 1.807) is 12.3 Å². The topological polar surface area (TPSA) is 85.9 Å². The number of aryl methyl sites for hydroxylation is 1. The molecule has 0 fully saturated rings. The molecular weight excluding hydrogens is 310 g/mol. The molecule has 1 aliphatic rings. The second-order valence-electron chi connectivity index (χ2n) is 6.00. The smallest absolute Gasteiger partial charge is 0.185 e. The maximum atomic E-state index is 12.8. The second kappa shape index (κ2) is 6.20. The number of rotatable bonds is 4. The fourth-order valence-corrected chi connectivity index (χ4v) is 3.89. The summed E-state index contributed by atoms with van der Waals surface area (Å²) in [5, 5.41) is 0.384. The molecule has 0 aromatic carbocycles. The van der Waals surface area contributed by atoms with Crippen LogP contribution in [0.1, 0.15) is 51.7 Å². The van der Waals surface area contributed by atoms with Crippen LogP contribution < -0.4 is 5.73 Å². The average molecular weight is 329 g/mol. The summed E-state index contributed by atoms with van der Waals surface area (Å²) in [6.07, 6.45) is 4.08. The van der Waals surface area contributed by atoms with Crippen LogP contribution in [-0.4, -0.2) is 21.5 Å². The van der Waals surface area contributed by atoms with Gasteiger partial charge in [-0.25, -0.2) is 4.98 Å². The van der Waals surface area contributed by atoms with Crippen LogP contribution in [0.2, 0.25) is 0 Å². The Morgan fingerprint density at radius 1 is 1.43 bits per heavy atom. The molecule has 2 unspecified atom stereocenters. The summed E-state index contributed by atoms with van der Waals surface area (Å²) in [5.74, 6) is -1.06. The Bertz CT molecular complexity index is 752. The highest BCUT2D eigenvalue weighted by Gasteiger charge is 2.40. The van der Waals surface area contributed by atoms with Crippen LogP contribution in [0.3, 0.4) is 0 Å². The Balaban J connectivity index is 1.88. The molecule has 0 saturated heterocycles. The van der Waals surface area contributed by atoms with Gasteiger partial charge in [-0.3, -0.25) is 14.6 Å². The summed E-state index contributed by atoms with van der Waals surface area (Å²) in [4.78, 5) is 34.6. The molecule has 0 saturated carbocycles. The summed E-state index contributed by atoms with van der Waals surface area (Å²) < 4.78 is 0. The van der Waals surface area contributed by atoms with Gasteiger partial charge in [0.15, 0.2) is 16.7 Å². The highest BCUT2D eigenvalue weighted by molar-refractivity contribution is 7.17. The van der Waals surface area contributed by atoms with Crippen molar-refractivity contribution in [1.82, 2.24) is 9.97 Å². The second-order valence-corrected chi connectivity index (χ2v) is 7.03. The van der Waals surface area contributed by atoms with Crippen LogP contribution >= 0.6 is 11.3 Å². The first-order chi connectivity index (χ1) is 11.0. The van der Waals surface area contributed by atoms with Crippen molar-refractivity contribution in [3.63, 3.8) is 0 Å². The maximum absolute atomic E-state index is 12.8. The zero-order chi connectivity index (χ0) is 16.6. The molecule has 5 nitrogen and oxygen atoms in total. The molecule has 120 valence electrons. The first-order valence-corrected chi connectivity index (χ1v) is 8.61. The van der Waals surface area contributed by atoms with Gasteiger partial charge in [0.2, 0.25) is 0 Å². The minimum atomic E-state index is -0.666. The van der Waals surface area contributed by atoms with E-state index in [1.165, 1.54) is 11.3 Å². The predicted octanol–water partition coefficient (Wildman–Crippen LogP) is 2.95. The average Bonchev–Trinajstić information content (AvgIpc) is 2.89. The van der Waals surface area contributed by atoms with Gasteiger partial charge in [0.25, 0.3) is 0 Å². The van der Waals surface area contributed by atoms with Gasteiger partial charge in [-0.05, 0) is 30.9 Å². The van der Waals surface area contributed by atoms with E-state index >= 15 is 0 Å². The van der Waals surface area contributed by atoms with Gasteiger partial charge >= 0.3 is 0 Å². The molecule has 0 radical (unpaired) electrons. The molecular formula is C17H19N3O2S. The van der Waals surface area contributed by atoms with Crippen LogP contribution in [0.5, 0.6) is 0 Å². The molecule has 0 bridgehead atoms. The molecule has 2 N–H and O–H groups in total. The van der Waals surface area contributed by atoms with E-state index in [4.69, 9.17) is 5.73 Å². The Labute approximate surface area is 139 Å². The van der Waals surface area contributed by atoms with Crippen LogP contribution in [0, 0.1) is 11.8 Å². The quantitative estimate of drug-likeness (QED) is 0.688. The van der Waals surface area contributed by atoms with Crippen LogP contribution in [0.25, 0.3) is 0 Å². The van der Waals surface area contributed by atoms with Crippen molar-refractivity contribution in [2.24, 2.45) is 11.8 Å².